The molecule has 0 spiro atoms. The number of carbonyl (C=O) groups excluding carboxylic acids is 1. The molecule has 1 atom stereocenters. The van der Waals surface area contributed by atoms with E-state index in [1.807, 2.05) is 28.8 Å². The van der Waals surface area contributed by atoms with Crippen molar-refractivity contribution in [2.24, 2.45) is 5.92 Å². The van der Waals surface area contributed by atoms with Gasteiger partial charge in [0.1, 0.15) is 11.3 Å². The molecule has 5 heteroatoms. The molecule has 2 aliphatic rings. The van der Waals surface area contributed by atoms with Gasteiger partial charge in [0.2, 0.25) is 0 Å². The number of hydrogen-bond donors (Lipinski definition) is 1. The molecule has 1 aliphatic carbocycles. The summed E-state index contributed by atoms with van der Waals surface area (Å²) in [6.45, 7) is 3.82. The third-order valence-electron chi connectivity index (χ3n) is 7.23. The van der Waals surface area contributed by atoms with Gasteiger partial charge in [-0.1, -0.05) is 62.1 Å². The van der Waals surface area contributed by atoms with Crippen LogP contribution in [0.1, 0.15) is 72.6 Å². The molecule has 1 saturated heterocycles. The molecule has 0 radical (unpaired) electrons. The zero-order valence-corrected chi connectivity index (χ0v) is 18.9. The van der Waals surface area contributed by atoms with Crippen molar-refractivity contribution in [2.45, 2.75) is 57.4 Å². The van der Waals surface area contributed by atoms with Gasteiger partial charge in [0.25, 0.3) is 5.91 Å². The van der Waals surface area contributed by atoms with Crippen LogP contribution in [-0.4, -0.2) is 39.8 Å². The molecular formula is C27H34N4O. The van der Waals surface area contributed by atoms with E-state index in [1.165, 1.54) is 44.1 Å². The van der Waals surface area contributed by atoms with Crippen LogP contribution >= 0.6 is 0 Å². The Kier molecular flexibility index (Phi) is 6.54. The Morgan fingerprint density at radius 2 is 1.78 bits per heavy atom. The first-order valence-corrected chi connectivity index (χ1v) is 12.3. The number of rotatable bonds is 8. The Morgan fingerprint density at radius 1 is 1.00 bits per heavy atom. The number of carbonyl (C=O) groups is 1. The van der Waals surface area contributed by atoms with Crippen molar-refractivity contribution < 1.29 is 4.79 Å². The van der Waals surface area contributed by atoms with Gasteiger partial charge >= 0.3 is 0 Å². The average molecular weight is 431 g/mol. The largest absolute Gasteiger partial charge is 0.350 e. The summed E-state index contributed by atoms with van der Waals surface area (Å²) in [5, 5.41) is 3.25. The topological polar surface area (TPSA) is 49.6 Å². The van der Waals surface area contributed by atoms with E-state index in [-0.39, 0.29) is 5.91 Å². The second kappa shape index (κ2) is 9.86. The van der Waals surface area contributed by atoms with E-state index in [1.54, 1.807) is 0 Å². The summed E-state index contributed by atoms with van der Waals surface area (Å²) >= 11 is 0. The van der Waals surface area contributed by atoms with E-state index >= 15 is 0 Å². The molecule has 1 aromatic carbocycles. The maximum Gasteiger partial charge on any atom is 0.268 e. The van der Waals surface area contributed by atoms with Gasteiger partial charge in [-0.05, 0) is 56.0 Å². The van der Waals surface area contributed by atoms with Crippen molar-refractivity contribution in [3.63, 3.8) is 0 Å². The number of hydrogen-bond acceptors (Lipinski definition) is 3. The second-order valence-corrected chi connectivity index (χ2v) is 9.56. The van der Waals surface area contributed by atoms with Crippen LogP contribution in [0.3, 0.4) is 0 Å². The molecule has 1 saturated carbocycles. The lowest BCUT2D eigenvalue weighted by atomic mass is 9.88. The summed E-state index contributed by atoms with van der Waals surface area (Å²) < 4.78 is 1.95. The first-order valence-electron chi connectivity index (χ1n) is 12.3. The summed E-state index contributed by atoms with van der Waals surface area (Å²) in [4.78, 5) is 20.4. The minimum absolute atomic E-state index is 0.0203. The molecule has 1 aliphatic heterocycles. The van der Waals surface area contributed by atoms with E-state index in [0.717, 1.165) is 43.3 Å². The van der Waals surface area contributed by atoms with Crippen molar-refractivity contribution in [1.82, 2.24) is 19.6 Å². The Hall–Kier alpha value is -2.66. The number of nitrogens with zero attached hydrogens (tertiary/aromatic N) is 3. The Bertz CT molecular complexity index is 1030. The van der Waals surface area contributed by atoms with E-state index in [2.05, 4.69) is 40.5 Å². The van der Waals surface area contributed by atoms with Gasteiger partial charge in [0, 0.05) is 25.2 Å². The number of imidazole rings is 1. The van der Waals surface area contributed by atoms with Crippen LogP contribution in [-0.2, 0) is 6.54 Å². The third-order valence-corrected chi connectivity index (χ3v) is 7.23. The van der Waals surface area contributed by atoms with Gasteiger partial charge in [-0.15, -0.1) is 0 Å². The van der Waals surface area contributed by atoms with E-state index in [4.69, 9.17) is 4.98 Å². The van der Waals surface area contributed by atoms with Gasteiger partial charge in [0.05, 0.1) is 5.69 Å². The molecule has 1 unspecified atom stereocenters. The third kappa shape index (κ3) is 4.88. The lowest BCUT2D eigenvalue weighted by Crippen LogP contribution is -2.30. The Morgan fingerprint density at radius 3 is 2.56 bits per heavy atom. The molecule has 3 heterocycles. The summed E-state index contributed by atoms with van der Waals surface area (Å²) in [5.74, 6) is 1.12. The van der Waals surface area contributed by atoms with Gasteiger partial charge in [-0.25, -0.2) is 4.98 Å². The molecule has 5 rings (SSSR count). The lowest BCUT2D eigenvalue weighted by molar-refractivity contribution is 0.0943. The fourth-order valence-electron chi connectivity index (χ4n) is 5.51. The molecule has 32 heavy (non-hydrogen) atoms. The molecule has 1 N–H and O–H groups in total. The van der Waals surface area contributed by atoms with Crippen molar-refractivity contribution in [2.75, 3.05) is 19.6 Å². The molecule has 2 fully saturated rings. The quantitative estimate of drug-likeness (QED) is 0.546. The predicted molar refractivity (Wildman–Crippen MR) is 128 cm³/mol. The van der Waals surface area contributed by atoms with Gasteiger partial charge in [0.15, 0.2) is 0 Å². The van der Waals surface area contributed by atoms with Crippen LogP contribution in [0.4, 0.5) is 0 Å². The highest BCUT2D eigenvalue weighted by atomic mass is 16.1. The molecule has 5 nitrogen and oxygen atoms in total. The zero-order chi connectivity index (χ0) is 21.8. The zero-order valence-electron chi connectivity index (χ0n) is 18.9. The fraction of sp³-hybridized carbons (Fsp3) is 0.481. The Balaban J connectivity index is 1.30. The first kappa shape index (κ1) is 21.2. The molecular weight excluding hydrogens is 396 g/mol. The SMILES string of the molecule is O=C(NCC(CC1CCCC1)c1ccccc1)c1cccc2nc(CN3CCCC3)cn12. The number of likely N-dealkylation sites (tertiary alicyclic amines) is 1. The van der Waals surface area contributed by atoms with Gasteiger partial charge < -0.3 is 5.32 Å². The maximum absolute atomic E-state index is 13.2. The fourth-order valence-corrected chi connectivity index (χ4v) is 5.51. The molecule has 0 bridgehead atoms. The van der Waals surface area contributed by atoms with Crippen LogP contribution in [0, 0.1) is 5.92 Å². The van der Waals surface area contributed by atoms with Crippen molar-refractivity contribution in [3.05, 3.63) is 71.7 Å². The highest BCUT2D eigenvalue weighted by molar-refractivity contribution is 5.93. The number of pyridine rings is 1. The summed E-state index contributed by atoms with van der Waals surface area (Å²) in [6.07, 6.45) is 11.1. The van der Waals surface area contributed by atoms with Crippen LogP contribution in [0.15, 0.2) is 54.7 Å². The van der Waals surface area contributed by atoms with Gasteiger partial charge in [-0.3, -0.25) is 14.1 Å². The predicted octanol–water partition coefficient (Wildman–Crippen LogP) is 5.02. The number of fused-ring (bicyclic) bond motifs is 1. The highest BCUT2D eigenvalue weighted by Crippen LogP contribution is 2.34. The number of amides is 1. The molecule has 1 amide bonds. The van der Waals surface area contributed by atoms with E-state index in [9.17, 15) is 4.79 Å². The minimum Gasteiger partial charge on any atom is -0.350 e. The van der Waals surface area contributed by atoms with Crippen LogP contribution in [0.5, 0.6) is 0 Å². The maximum atomic E-state index is 13.2. The molecule has 3 aromatic rings. The Labute approximate surface area is 190 Å². The van der Waals surface area contributed by atoms with Crippen LogP contribution < -0.4 is 5.32 Å². The van der Waals surface area contributed by atoms with Crippen molar-refractivity contribution >= 4 is 11.6 Å². The van der Waals surface area contributed by atoms with Crippen LogP contribution in [0.25, 0.3) is 5.65 Å². The molecule has 2 aromatic heterocycles. The average Bonchev–Trinajstić information content (AvgIpc) is 3.59. The number of nitrogens with one attached hydrogen (secondary N) is 1. The first-order chi connectivity index (χ1) is 15.8. The van der Waals surface area contributed by atoms with E-state index < -0.39 is 0 Å². The number of benzene rings is 1. The smallest absolute Gasteiger partial charge is 0.268 e. The van der Waals surface area contributed by atoms with Crippen molar-refractivity contribution in [1.29, 1.82) is 0 Å². The second-order valence-electron chi connectivity index (χ2n) is 9.56. The highest BCUT2D eigenvalue weighted by Gasteiger charge is 2.23. The van der Waals surface area contributed by atoms with E-state index in [0.29, 0.717) is 18.2 Å². The van der Waals surface area contributed by atoms with Crippen molar-refractivity contribution in [3.8, 4) is 0 Å². The monoisotopic (exact) mass is 430 g/mol. The van der Waals surface area contributed by atoms with Crippen LogP contribution in [0.2, 0.25) is 0 Å². The lowest BCUT2D eigenvalue weighted by Gasteiger charge is -2.22. The minimum atomic E-state index is -0.0203. The summed E-state index contributed by atoms with van der Waals surface area (Å²) in [7, 11) is 0. The summed E-state index contributed by atoms with van der Waals surface area (Å²) in [6, 6.07) is 16.5. The standard InChI is InChI=1S/C27H34N4O/c32-27(28-18-23(17-21-9-4-5-10-21)22-11-2-1-3-12-22)25-13-8-14-26-29-24(20-31(25)26)19-30-15-6-7-16-30/h1-3,8,11-14,20-21,23H,4-7,9-10,15-19H2,(H,28,32). The summed E-state index contributed by atoms with van der Waals surface area (Å²) in [5.41, 5.74) is 3.87. The number of aromatic nitrogens is 2. The molecule has 168 valence electrons. The van der Waals surface area contributed by atoms with Gasteiger partial charge in [-0.2, -0.15) is 0 Å². The normalized spacial score (nSPS) is 18.4.